The second kappa shape index (κ2) is 7.64. The molecule has 1 N–H and O–H groups in total. The molecule has 0 aromatic heterocycles. The molecule has 166 valence electrons. The Hall–Kier alpha value is -0.370. The summed E-state index contributed by atoms with van der Waals surface area (Å²) in [5.74, 6) is 4.80. The van der Waals surface area contributed by atoms with Gasteiger partial charge in [0.1, 0.15) is 5.78 Å². The molecule has 4 aliphatic carbocycles. The van der Waals surface area contributed by atoms with Gasteiger partial charge in [0.25, 0.3) is 0 Å². The van der Waals surface area contributed by atoms with Crippen molar-refractivity contribution < 1.29 is 9.90 Å². The molecule has 8 atom stereocenters. The molecule has 2 nitrogen and oxygen atoms in total. The van der Waals surface area contributed by atoms with E-state index in [9.17, 15) is 9.90 Å². The van der Waals surface area contributed by atoms with E-state index in [1.807, 2.05) is 0 Å². The molecule has 0 aromatic carbocycles. The first-order valence-corrected chi connectivity index (χ1v) is 12.8. The van der Waals surface area contributed by atoms with E-state index in [0.717, 1.165) is 55.8 Å². The lowest BCUT2D eigenvalue weighted by molar-refractivity contribution is -0.147. The molecular weight excluding hydrogens is 356 g/mol. The minimum atomic E-state index is -0.510. The maximum absolute atomic E-state index is 12.1. The Bertz CT molecular complexity index is 622. The van der Waals surface area contributed by atoms with Gasteiger partial charge in [0.15, 0.2) is 0 Å². The number of rotatable bonds is 5. The van der Waals surface area contributed by atoms with Gasteiger partial charge in [-0.25, -0.2) is 0 Å². The Kier molecular flexibility index (Phi) is 5.76. The maximum atomic E-state index is 12.1. The predicted molar refractivity (Wildman–Crippen MR) is 120 cm³/mol. The van der Waals surface area contributed by atoms with E-state index in [4.69, 9.17) is 0 Å². The van der Waals surface area contributed by atoms with Crippen molar-refractivity contribution >= 4 is 5.78 Å². The van der Waals surface area contributed by atoms with Crippen molar-refractivity contribution in [1.29, 1.82) is 0 Å². The molecule has 4 saturated carbocycles. The van der Waals surface area contributed by atoms with E-state index in [1.54, 1.807) is 0 Å². The van der Waals surface area contributed by atoms with E-state index in [0.29, 0.717) is 28.4 Å². The fourth-order valence-electron chi connectivity index (χ4n) is 9.11. The third-order valence-electron chi connectivity index (χ3n) is 10.7. The second-order valence-electron chi connectivity index (χ2n) is 12.7. The van der Waals surface area contributed by atoms with Crippen LogP contribution in [0.4, 0.5) is 0 Å². The highest BCUT2D eigenvalue weighted by atomic mass is 16.3. The number of aliphatic hydroxyl groups is 1. The standard InChI is InChI=1S/C27H46O2/c1-18(2)7-6-14-27(5,29)24-11-10-22-21-9-8-19-17-20(28)12-15-25(19,3)23(21)13-16-26(22,24)4/h18-19,21-24,29H,6-17H2,1-5H3/t19-,21-,22-,23-,24-,25-,26-,27-/m0/s1. The molecule has 0 amide bonds. The molecule has 0 aliphatic heterocycles. The van der Waals surface area contributed by atoms with Gasteiger partial charge in [-0.15, -0.1) is 0 Å². The molecule has 4 aliphatic rings. The highest BCUT2D eigenvalue weighted by molar-refractivity contribution is 5.79. The predicted octanol–water partition coefficient (Wildman–Crippen LogP) is 6.79. The summed E-state index contributed by atoms with van der Waals surface area (Å²) in [4.78, 5) is 12.1. The number of hydrogen-bond acceptors (Lipinski definition) is 2. The zero-order valence-electron chi connectivity index (χ0n) is 19.8. The van der Waals surface area contributed by atoms with Gasteiger partial charge in [-0.05, 0) is 105 Å². The number of fused-ring (bicyclic) bond motifs is 5. The summed E-state index contributed by atoms with van der Waals surface area (Å²) in [7, 11) is 0. The van der Waals surface area contributed by atoms with Crippen LogP contribution in [0.15, 0.2) is 0 Å². The van der Waals surface area contributed by atoms with Gasteiger partial charge in [-0.2, -0.15) is 0 Å². The third kappa shape index (κ3) is 3.64. The van der Waals surface area contributed by atoms with Crippen LogP contribution in [0.5, 0.6) is 0 Å². The van der Waals surface area contributed by atoms with Crippen molar-refractivity contribution in [3.63, 3.8) is 0 Å². The van der Waals surface area contributed by atoms with E-state index < -0.39 is 5.60 Å². The van der Waals surface area contributed by atoms with Crippen LogP contribution >= 0.6 is 0 Å². The highest BCUT2D eigenvalue weighted by Crippen LogP contribution is 2.68. The average molecular weight is 403 g/mol. The van der Waals surface area contributed by atoms with Gasteiger partial charge < -0.3 is 5.11 Å². The van der Waals surface area contributed by atoms with Crippen LogP contribution in [0.25, 0.3) is 0 Å². The second-order valence-corrected chi connectivity index (χ2v) is 12.7. The Balaban J connectivity index is 1.50. The summed E-state index contributed by atoms with van der Waals surface area (Å²) in [5.41, 5.74) is 0.204. The van der Waals surface area contributed by atoms with E-state index >= 15 is 0 Å². The van der Waals surface area contributed by atoms with Crippen LogP contribution in [-0.4, -0.2) is 16.5 Å². The highest BCUT2D eigenvalue weighted by Gasteiger charge is 2.62. The Morgan fingerprint density at radius 3 is 2.48 bits per heavy atom. The lowest BCUT2D eigenvalue weighted by Crippen LogP contribution is -2.55. The molecule has 0 aromatic rings. The molecule has 0 spiro atoms. The van der Waals surface area contributed by atoms with Crippen molar-refractivity contribution in [3.8, 4) is 0 Å². The number of carbonyl (C=O) groups is 1. The summed E-state index contributed by atoms with van der Waals surface area (Å²) in [6.07, 6.45) is 13.9. The molecule has 0 saturated heterocycles. The molecule has 4 fully saturated rings. The molecule has 29 heavy (non-hydrogen) atoms. The topological polar surface area (TPSA) is 37.3 Å². The zero-order valence-corrected chi connectivity index (χ0v) is 19.8. The molecule has 0 unspecified atom stereocenters. The van der Waals surface area contributed by atoms with Gasteiger partial charge in [0, 0.05) is 12.8 Å². The zero-order chi connectivity index (χ0) is 21.0. The largest absolute Gasteiger partial charge is 0.390 e. The number of Topliss-reactive ketones (excluding diaryl/α,β-unsaturated/α-hetero) is 1. The van der Waals surface area contributed by atoms with Crippen LogP contribution in [0, 0.1) is 46.3 Å². The van der Waals surface area contributed by atoms with Crippen molar-refractivity contribution in [1.82, 2.24) is 0 Å². The van der Waals surface area contributed by atoms with Gasteiger partial charge in [0.2, 0.25) is 0 Å². The molecule has 0 radical (unpaired) electrons. The lowest BCUT2D eigenvalue weighted by atomic mass is 9.44. The van der Waals surface area contributed by atoms with Crippen LogP contribution in [0.2, 0.25) is 0 Å². The number of carbonyl (C=O) groups excluding carboxylic acids is 1. The van der Waals surface area contributed by atoms with Crippen LogP contribution < -0.4 is 0 Å². The van der Waals surface area contributed by atoms with Crippen LogP contribution in [0.3, 0.4) is 0 Å². The third-order valence-corrected chi connectivity index (χ3v) is 10.7. The monoisotopic (exact) mass is 402 g/mol. The smallest absolute Gasteiger partial charge is 0.133 e. The van der Waals surface area contributed by atoms with Crippen molar-refractivity contribution in [2.75, 3.05) is 0 Å². The Morgan fingerprint density at radius 1 is 1.03 bits per heavy atom. The number of hydrogen-bond donors (Lipinski definition) is 1. The molecule has 2 heteroatoms. The summed E-state index contributed by atoms with van der Waals surface area (Å²) in [6.45, 7) is 11.8. The fourth-order valence-corrected chi connectivity index (χ4v) is 9.11. The SMILES string of the molecule is CC(C)CCC[C@](C)(O)[C@H]1CC[C@H]2[C@@H]3CC[C@H]4CC(=O)CC[C@]4(C)[C@H]3CC[C@@]21C. The minimum absolute atomic E-state index is 0.316. The van der Waals surface area contributed by atoms with Gasteiger partial charge >= 0.3 is 0 Å². The summed E-state index contributed by atoms with van der Waals surface area (Å²) < 4.78 is 0. The first kappa shape index (κ1) is 21.8. The van der Waals surface area contributed by atoms with Crippen molar-refractivity contribution in [2.45, 2.75) is 117 Å². The maximum Gasteiger partial charge on any atom is 0.133 e. The quantitative estimate of drug-likeness (QED) is 0.549. The van der Waals surface area contributed by atoms with E-state index in [-0.39, 0.29) is 0 Å². The molecule has 0 heterocycles. The first-order valence-electron chi connectivity index (χ1n) is 12.8. The molecule has 0 bridgehead atoms. The normalized spacial score (nSPS) is 46.7. The summed E-state index contributed by atoms with van der Waals surface area (Å²) in [5, 5.41) is 11.6. The Morgan fingerprint density at radius 2 is 1.76 bits per heavy atom. The van der Waals surface area contributed by atoms with Gasteiger partial charge in [0.05, 0.1) is 5.60 Å². The van der Waals surface area contributed by atoms with E-state index in [2.05, 4.69) is 34.6 Å². The van der Waals surface area contributed by atoms with E-state index in [1.165, 1.54) is 44.9 Å². The van der Waals surface area contributed by atoms with Crippen LogP contribution in [0.1, 0.15) is 112 Å². The Labute approximate surface area is 179 Å². The lowest BCUT2D eigenvalue weighted by Gasteiger charge is -2.61. The van der Waals surface area contributed by atoms with Gasteiger partial charge in [-0.1, -0.05) is 40.5 Å². The minimum Gasteiger partial charge on any atom is -0.390 e. The fraction of sp³-hybridized carbons (Fsp3) is 0.963. The van der Waals surface area contributed by atoms with Crippen LogP contribution in [-0.2, 0) is 4.79 Å². The summed E-state index contributed by atoms with van der Waals surface area (Å²) in [6, 6.07) is 0. The van der Waals surface area contributed by atoms with Crippen molar-refractivity contribution in [3.05, 3.63) is 0 Å². The summed E-state index contributed by atoms with van der Waals surface area (Å²) >= 11 is 0. The average Bonchev–Trinajstić information content (AvgIpc) is 3.00. The molecule has 4 rings (SSSR count). The first-order chi connectivity index (χ1) is 13.6. The van der Waals surface area contributed by atoms with Gasteiger partial charge in [-0.3, -0.25) is 4.79 Å². The number of ketones is 1. The van der Waals surface area contributed by atoms with Crippen molar-refractivity contribution in [2.24, 2.45) is 46.3 Å². The molecular formula is C27H46O2.